The Morgan fingerprint density at radius 2 is 2.13 bits per heavy atom. The largest absolute Gasteiger partial charge is 0.338 e. The van der Waals surface area contributed by atoms with Crippen molar-refractivity contribution in [2.75, 3.05) is 13.2 Å². The van der Waals surface area contributed by atoms with Gasteiger partial charge in [-0.25, -0.2) is 0 Å². The molecule has 1 unspecified atom stereocenters. The molecule has 1 heterocycles. The van der Waals surface area contributed by atoms with Crippen molar-refractivity contribution in [2.24, 2.45) is 11.8 Å². The molecule has 1 rings (SSSR count). The lowest BCUT2D eigenvalue weighted by Crippen LogP contribution is -2.22. The Bertz CT molecular complexity index is 147. The molecule has 1 aliphatic heterocycles. The fourth-order valence-electron chi connectivity index (χ4n) is 1.62. The molecular weight excluding hydrogens is 209 g/mol. The molecular formula is C11H26NO2P. The molecule has 2 N–H and O–H groups in total. The van der Waals surface area contributed by atoms with Gasteiger partial charge in [0.1, 0.15) is 0 Å². The summed E-state index contributed by atoms with van der Waals surface area (Å²) in [5.41, 5.74) is 0. The predicted molar refractivity (Wildman–Crippen MR) is 66.6 cm³/mol. The third-order valence-electron chi connectivity index (χ3n) is 2.68. The van der Waals surface area contributed by atoms with Crippen LogP contribution in [-0.4, -0.2) is 18.0 Å². The van der Waals surface area contributed by atoms with Gasteiger partial charge in [-0.1, -0.05) is 40.5 Å². The van der Waals surface area contributed by atoms with E-state index in [0.717, 1.165) is 6.54 Å². The lowest BCUT2D eigenvalue weighted by atomic mass is 9.90. The second-order valence-corrected chi connectivity index (χ2v) is 4.93. The molecule has 0 aromatic heterocycles. The van der Waals surface area contributed by atoms with E-state index in [-0.39, 0.29) is 0 Å². The van der Waals surface area contributed by atoms with Crippen LogP contribution in [0.4, 0.5) is 0 Å². The Kier molecular flexibility index (Phi) is 9.73. The van der Waals surface area contributed by atoms with Crippen LogP contribution in [0, 0.1) is 11.8 Å². The van der Waals surface area contributed by atoms with Crippen molar-refractivity contribution in [3.05, 3.63) is 0 Å². The minimum absolute atomic E-state index is 0.568. The van der Waals surface area contributed by atoms with Gasteiger partial charge in [-0.15, -0.1) is 0 Å². The highest BCUT2D eigenvalue weighted by molar-refractivity contribution is 7.43. The monoisotopic (exact) mass is 235 g/mol. The van der Waals surface area contributed by atoms with Gasteiger partial charge in [0.15, 0.2) is 0 Å². The zero-order valence-corrected chi connectivity index (χ0v) is 11.4. The second-order valence-electron chi connectivity index (χ2n) is 3.81. The second kappa shape index (κ2) is 9.53. The Hall–Kier alpha value is 0.310. The minimum Gasteiger partial charge on any atom is -0.338 e. The zero-order chi connectivity index (χ0) is 11.7. The van der Waals surface area contributed by atoms with Crippen molar-refractivity contribution in [2.45, 2.75) is 47.0 Å². The Morgan fingerprint density at radius 1 is 1.47 bits per heavy atom. The average molecular weight is 235 g/mol. The molecule has 3 atom stereocenters. The highest BCUT2D eigenvalue weighted by Gasteiger charge is 2.23. The van der Waals surface area contributed by atoms with E-state index in [2.05, 4.69) is 18.9 Å². The first-order valence-electron chi connectivity index (χ1n) is 6.09. The molecule has 92 valence electrons. The summed E-state index contributed by atoms with van der Waals surface area (Å²) in [7, 11) is -1.34. The van der Waals surface area contributed by atoms with E-state index < -0.39 is 8.53 Å². The molecule has 4 heteroatoms. The van der Waals surface area contributed by atoms with Gasteiger partial charge >= 0.3 is 0 Å². The number of unbranched alkanes of at least 4 members (excludes halogenated alkanes) is 1. The summed E-state index contributed by atoms with van der Waals surface area (Å²) in [6.45, 7) is 10.0. The first-order valence-corrected chi connectivity index (χ1v) is 7.30. The summed E-state index contributed by atoms with van der Waals surface area (Å²) in [4.78, 5) is 9.28. The Morgan fingerprint density at radius 3 is 2.73 bits per heavy atom. The van der Waals surface area contributed by atoms with E-state index in [4.69, 9.17) is 4.52 Å². The van der Waals surface area contributed by atoms with E-state index in [1.54, 1.807) is 0 Å². The average Bonchev–Trinajstić information content (AvgIpc) is 2.43. The summed E-state index contributed by atoms with van der Waals surface area (Å²) >= 11 is 0. The van der Waals surface area contributed by atoms with Crippen molar-refractivity contribution < 1.29 is 9.42 Å². The summed E-state index contributed by atoms with van der Waals surface area (Å²) < 4.78 is 5.23. The van der Waals surface area contributed by atoms with Gasteiger partial charge in [-0.3, -0.25) is 5.09 Å². The van der Waals surface area contributed by atoms with Crippen LogP contribution in [0.25, 0.3) is 0 Å². The van der Waals surface area contributed by atoms with Crippen LogP contribution in [0.2, 0.25) is 0 Å². The van der Waals surface area contributed by atoms with E-state index in [9.17, 15) is 4.89 Å². The van der Waals surface area contributed by atoms with Gasteiger partial charge in [0.25, 0.3) is 8.53 Å². The molecule has 0 aliphatic carbocycles. The molecule has 0 radical (unpaired) electrons. The van der Waals surface area contributed by atoms with E-state index >= 15 is 0 Å². The van der Waals surface area contributed by atoms with E-state index in [0.29, 0.717) is 18.4 Å². The molecule has 0 spiro atoms. The number of hydrogen-bond donors (Lipinski definition) is 2. The molecule has 1 aliphatic rings. The fraction of sp³-hybridized carbons (Fsp3) is 1.00. The topological polar surface area (TPSA) is 41.5 Å². The lowest BCUT2D eigenvalue weighted by Gasteiger charge is -2.19. The molecule has 0 bridgehead atoms. The number of nitrogens with one attached hydrogen (secondary N) is 1. The standard InChI is InChI=1S/C9H20NO2P.C2H6/c1-3-4-5-9-6-10-13(11)12-7-8(9)2;1-2/h8-11H,3-7H2,1-2H3;1-2H3/t8-,9+,13?;/m1./s1. The van der Waals surface area contributed by atoms with Crippen molar-refractivity contribution >= 4 is 8.53 Å². The van der Waals surface area contributed by atoms with Crippen LogP contribution < -0.4 is 5.09 Å². The third kappa shape index (κ3) is 6.47. The van der Waals surface area contributed by atoms with Gasteiger partial charge in [0.05, 0.1) is 6.61 Å². The summed E-state index contributed by atoms with van der Waals surface area (Å²) in [6.07, 6.45) is 3.77. The van der Waals surface area contributed by atoms with Gasteiger partial charge < -0.3 is 9.42 Å². The fourth-order valence-corrected chi connectivity index (χ4v) is 2.48. The molecule has 1 saturated heterocycles. The molecule has 0 amide bonds. The predicted octanol–water partition coefficient (Wildman–Crippen LogP) is 3.29. The maximum atomic E-state index is 9.28. The van der Waals surface area contributed by atoms with Gasteiger partial charge in [-0.05, 0) is 18.3 Å². The minimum atomic E-state index is -1.34. The zero-order valence-electron chi connectivity index (χ0n) is 10.5. The van der Waals surface area contributed by atoms with Crippen molar-refractivity contribution in [3.8, 4) is 0 Å². The number of rotatable bonds is 3. The smallest absolute Gasteiger partial charge is 0.253 e. The summed E-state index contributed by atoms with van der Waals surface area (Å²) in [5.74, 6) is 1.23. The Labute approximate surface area is 95.6 Å². The molecule has 0 aromatic carbocycles. The van der Waals surface area contributed by atoms with Gasteiger partial charge in [0, 0.05) is 6.54 Å². The third-order valence-corrected chi connectivity index (χ3v) is 3.53. The molecule has 0 aromatic rings. The van der Waals surface area contributed by atoms with Crippen LogP contribution in [0.5, 0.6) is 0 Å². The molecule has 0 saturated carbocycles. The Balaban J connectivity index is 0.000000921. The van der Waals surface area contributed by atoms with Crippen LogP contribution in [0.3, 0.4) is 0 Å². The van der Waals surface area contributed by atoms with Crippen LogP contribution in [0.1, 0.15) is 47.0 Å². The first kappa shape index (κ1) is 15.3. The highest BCUT2D eigenvalue weighted by atomic mass is 31.2. The number of hydrogen-bond acceptors (Lipinski definition) is 3. The van der Waals surface area contributed by atoms with Crippen molar-refractivity contribution in [3.63, 3.8) is 0 Å². The van der Waals surface area contributed by atoms with E-state index in [1.807, 2.05) is 13.8 Å². The van der Waals surface area contributed by atoms with Crippen molar-refractivity contribution in [1.29, 1.82) is 0 Å². The summed E-state index contributed by atoms with van der Waals surface area (Å²) in [6, 6.07) is 0. The summed E-state index contributed by atoms with van der Waals surface area (Å²) in [5, 5.41) is 3.03. The lowest BCUT2D eigenvalue weighted by molar-refractivity contribution is 0.220. The van der Waals surface area contributed by atoms with Crippen LogP contribution >= 0.6 is 8.53 Å². The molecule has 3 nitrogen and oxygen atoms in total. The molecule has 15 heavy (non-hydrogen) atoms. The van der Waals surface area contributed by atoms with Crippen molar-refractivity contribution in [1.82, 2.24) is 5.09 Å². The maximum Gasteiger partial charge on any atom is 0.253 e. The van der Waals surface area contributed by atoms with E-state index in [1.165, 1.54) is 19.3 Å². The quantitative estimate of drug-likeness (QED) is 0.737. The van der Waals surface area contributed by atoms with Crippen LogP contribution in [-0.2, 0) is 4.52 Å². The SMILES string of the molecule is CC.CCCC[C@H]1CNP(O)OC[C@H]1C. The molecule has 1 fully saturated rings. The van der Waals surface area contributed by atoms with Crippen LogP contribution in [0.15, 0.2) is 0 Å². The normalized spacial score (nSPS) is 31.4. The van der Waals surface area contributed by atoms with Gasteiger partial charge in [-0.2, -0.15) is 0 Å². The maximum absolute atomic E-state index is 9.28. The highest BCUT2D eigenvalue weighted by Crippen LogP contribution is 2.33. The first-order chi connectivity index (χ1) is 7.24. The van der Waals surface area contributed by atoms with Gasteiger partial charge in [0.2, 0.25) is 0 Å².